The van der Waals surface area contributed by atoms with Crippen LogP contribution in [0.1, 0.15) is 38.7 Å². The highest BCUT2D eigenvalue weighted by Gasteiger charge is 2.36. The molecule has 6 nitrogen and oxygen atoms in total. The minimum Gasteiger partial charge on any atom is -0.338 e. The average molecular weight is 415 g/mol. The molecule has 1 amide bonds. The second kappa shape index (κ2) is 8.76. The Kier molecular flexibility index (Phi) is 6.09. The van der Waals surface area contributed by atoms with Crippen LogP contribution in [0.3, 0.4) is 0 Å². The van der Waals surface area contributed by atoms with E-state index in [0.717, 1.165) is 62.5 Å². The zero-order valence-electron chi connectivity index (χ0n) is 18.1. The third-order valence-corrected chi connectivity index (χ3v) is 6.34. The lowest BCUT2D eigenvalue weighted by molar-refractivity contribution is -0.135. The molecular weight excluding hydrogens is 383 g/mol. The summed E-state index contributed by atoms with van der Waals surface area (Å²) in [5.41, 5.74) is 2.42. The molecule has 7 heteroatoms. The van der Waals surface area contributed by atoms with Crippen LogP contribution in [0, 0.1) is 11.7 Å². The van der Waals surface area contributed by atoms with Crippen molar-refractivity contribution in [3.63, 3.8) is 0 Å². The number of carbonyl (C=O) groups excluding carboxylic acids is 1. The van der Waals surface area contributed by atoms with Gasteiger partial charge < -0.3 is 19.2 Å². The summed E-state index contributed by atoms with van der Waals surface area (Å²) < 4.78 is 19.3. The molecule has 1 aliphatic carbocycles. The van der Waals surface area contributed by atoms with Crippen LogP contribution in [0.25, 0.3) is 11.3 Å². The Morgan fingerprint density at radius 3 is 2.50 bits per heavy atom. The largest absolute Gasteiger partial charge is 0.338 e. The van der Waals surface area contributed by atoms with Crippen LogP contribution >= 0.6 is 0 Å². The van der Waals surface area contributed by atoms with E-state index in [9.17, 15) is 9.18 Å². The first-order valence-electron chi connectivity index (χ1n) is 11.0. The smallest absolute Gasteiger partial charge is 0.232 e. The summed E-state index contributed by atoms with van der Waals surface area (Å²) in [5.74, 6) is 0.827. The first kappa shape index (κ1) is 20.8. The molecule has 0 N–H and O–H groups in total. The number of rotatable bonds is 7. The first-order chi connectivity index (χ1) is 14.5. The van der Waals surface area contributed by atoms with E-state index in [4.69, 9.17) is 4.52 Å². The van der Waals surface area contributed by atoms with Gasteiger partial charge in [0.15, 0.2) is 0 Å². The minimum atomic E-state index is -0.284. The van der Waals surface area contributed by atoms with Gasteiger partial charge in [0.05, 0.1) is 12.1 Å². The number of halogens is 1. The highest BCUT2D eigenvalue weighted by atomic mass is 19.1. The quantitative estimate of drug-likeness (QED) is 0.690. The third kappa shape index (κ3) is 4.36. The van der Waals surface area contributed by atoms with Gasteiger partial charge in [0.2, 0.25) is 11.8 Å². The molecule has 0 bridgehead atoms. The molecule has 2 heterocycles. The van der Waals surface area contributed by atoms with E-state index in [1.165, 1.54) is 12.1 Å². The Morgan fingerprint density at radius 1 is 1.23 bits per heavy atom. The summed E-state index contributed by atoms with van der Waals surface area (Å²) in [5, 5.41) is 4.38. The zero-order valence-corrected chi connectivity index (χ0v) is 18.1. The van der Waals surface area contributed by atoms with Crippen LogP contribution in [0.2, 0.25) is 0 Å². The van der Waals surface area contributed by atoms with Crippen molar-refractivity contribution in [1.29, 1.82) is 0 Å². The van der Waals surface area contributed by atoms with Gasteiger partial charge in [-0.25, -0.2) is 4.39 Å². The van der Waals surface area contributed by atoms with Gasteiger partial charge >= 0.3 is 0 Å². The van der Waals surface area contributed by atoms with Crippen molar-refractivity contribution in [2.75, 3.05) is 38.1 Å². The molecule has 0 radical (unpaired) electrons. The molecule has 1 aromatic heterocycles. The summed E-state index contributed by atoms with van der Waals surface area (Å²) in [6, 6.07) is 6.45. The summed E-state index contributed by atoms with van der Waals surface area (Å²) in [6.45, 7) is 8.25. The van der Waals surface area contributed by atoms with Gasteiger partial charge in [0, 0.05) is 43.7 Å². The molecule has 2 aliphatic rings. The summed E-state index contributed by atoms with van der Waals surface area (Å²) in [6.07, 6.45) is 2.84. The van der Waals surface area contributed by atoms with E-state index < -0.39 is 0 Å². The van der Waals surface area contributed by atoms with Gasteiger partial charge in [-0.3, -0.25) is 4.79 Å². The predicted molar refractivity (Wildman–Crippen MR) is 115 cm³/mol. The number of likely N-dealkylation sites (N-methyl/N-ethyl adjacent to an activating group) is 1. The molecule has 1 aliphatic heterocycles. The molecule has 1 atom stereocenters. The molecule has 0 unspecified atom stereocenters. The standard InChI is InChI=1S/C23H31FN4O2/c1-4-16(2)28(22(29)18-5-6-18)15-20-21(17-7-9-19(24)10-8-17)25-30-23(20)27-13-11-26(3)12-14-27/h7-10,16,18H,4-6,11-15H2,1-3H3/t16-/m0/s1. The molecule has 1 aromatic carbocycles. The molecule has 4 rings (SSSR count). The van der Waals surface area contributed by atoms with Gasteiger partial charge in [-0.1, -0.05) is 12.1 Å². The SMILES string of the molecule is CC[C@H](C)N(Cc1c(-c2ccc(F)cc2)noc1N1CCN(C)CC1)C(=O)C1CC1. The Hall–Kier alpha value is -2.41. The molecule has 162 valence electrons. The number of benzene rings is 1. The van der Waals surface area contributed by atoms with Crippen molar-refractivity contribution >= 4 is 11.8 Å². The molecule has 30 heavy (non-hydrogen) atoms. The molecule has 0 spiro atoms. The van der Waals surface area contributed by atoms with Gasteiger partial charge in [-0.2, -0.15) is 0 Å². The number of nitrogens with zero attached hydrogens (tertiary/aromatic N) is 4. The Labute approximate surface area is 177 Å². The van der Waals surface area contributed by atoms with Crippen molar-refractivity contribution < 1.29 is 13.7 Å². The summed E-state index contributed by atoms with van der Waals surface area (Å²) >= 11 is 0. The normalized spacial score (nSPS) is 18.5. The summed E-state index contributed by atoms with van der Waals surface area (Å²) in [4.78, 5) is 19.5. The topological polar surface area (TPSA) is 52.8 Å². The lowest BCUT2D eigenvalue weighted by atomic mass is 10.0. The lowest BCUT2D eigenvalue weighted by Gasteiger charge is -2.33. The average Bonchev–Trinajstić information content (AvgIpc) is 3.53. The molecule has 2 aromatic rings. The van der Waals surface area contributed by atoms with E-state index in [0.29, 0.717) is 12.2 Å². The molecule has 2 fully saturated rings. The fourth-order valence-corrected chi connectivity index (χ4v) is 3.94. The van der Waals surface area contributed by atoms with Crippen LogP contribution in [-0.2, 0) is 11.3 Å². The number of hydrogen-bond acceptors (Lipinski definition) is 5. The maximum Gasteiger partial charge on any atom is 0.232 e. The number of hydrogen-bond donors (Lipinski definition) is 0. The monoisotopic (exact) mass is 414 g/mol. The van der Waals surface area contributed by atoms with Crippen LogP contribution in [0.5, 0.6) is 0 Å². The van der Waals surface area contributed by atoms with Crippen molar-refractivity contribution in [2.45, 2.75) is 45.7 Å². The number of anilines is 1. The second-order valence-electron chi connectivity index (χ2n) is 8.61. The van der Waals surface area contributed by atoms with Crippen LogP contribution in [-0.4, -0.2) is 60.1 Å². The van der Waals surface area contributed by atoms with Crippen LogP contribution in [0.15, 0.2) is 28.8 Å². The van der Waals surface area contributed by atoms with Gasteiger partial charge in [0.1, 0.15) is 11.5 Å². The number of amides is 1. The number of piperazine rings is 1. The fourth-order valence-electron chi connectivity index (χ4n) is 3.94. The van der Waals surface area contributed by atoms with E-state index >= 15 is 0 Å². The highest BCUT2D eigenvalue weighted by molar-refractivity contribution is 5.82. The predicted octanol–water partition coefficient (Wildman–Crippen LogP) is 3.77. The van der Waals surface area contributed by atoms with Crippen molar-refractivity contribution in [3.05, 3.63) is 35.6 Å². The third-order valence-electron chi connectivity index (χ3n) is 6.34. The lowest BCUT2D eigenvalue weighted by Crippen LogP contribution is -2.45. The number of aromatic nitrogens is 1. The maximum atomic E-state index is 13.5. The molecule has 1 saturated heterocycles. The van der Waals surface area contributed by atoms with Crippen molar-refractivity contribution in [2.24, 2.45) is 5.92 Å². The van der Waals surface area contributed by atoms with E-state index in [1.54, 1.807) is 12.1 Å². The van der Waals surface area contributed by atoms with Crippen molar-refractivity contribution in [1.82, 2.24) is 15.0 Å². The van der Waals surface area contributed by atoms with Gasteiger partial charge in [-0.05, 0) is 57.5 Å². The van der Waals surface area contributed by atoms with E-state index in [-0.39, 0.29) is 23.7 Å². The molecular formula is C23H31FN4O2. The maximum absolute atomic E-state index is 13.5. The van der Waals surface area contributed by atoms with E-state index in [1.807, 2.05) is 4.90 Å². The molecule has 1 saturated carbocycles. The Morgan fingerprint density at radius 2 is 1.90 bits per heavy atom. The van der Waals surface area contributed by atoms with Crippen LogP contribution < -0.4 is 4.90 Å². The van der Waals surface area contributed by atoms with Crippen LogP contribution in [0.4, 0.5) is 10.3 Å². The van der Waals surface area contributed by atoms with Crippen molar-refractivity contribution in [3.8, 4) is 11.3 Å². The summed E-state index contributed by atoms with van der Waals surface area (Å²) in [7, 11) is 2.11. The second-order valence-corrected chi connectivity index (χ2v) is 8.61. The Bertz CT molecular complexity index is 870. The zero-order chi connectivity index (χ0) is 21.3. The van der Waals surface area contributed by atoms with Gasteiger partial charge in [0.25, 0.3) is 0 Å². The number of carbonyl (C=O) groups is 1. The fraction of sp³-hybridized carbons (Fsp3) is 0.565. The minimum absolute atomic E-state index is 0.134. The first-order valence-corrected chi connectivity index (χ1v) is 11.0. The highest BCUT2D eigenvalue weighted by Crippen LogP contribution is 2.36. The van der Waals surface area contributed by atoms with Gasteiger partial charge in [-0.15, -0.1) is 0 Å². The van der Waals surface area contributed by atoms with E-state index in [2.05, 4.69) is 35.9 Å². The Balaban J connectivity index is 1.71.